The minimum Gasteiger partial charge on any atom is -0.443 e. The third kappa shape index (κ3) is 5.63. The van der Waals surface area contributed by atoms with Crippen LogP contribution in [-0.2, 0) is 13.8 Å². The molecule has 170 valence electrons. The van der Waals surface area contributed by atoms with Crippen LogP contribution in [-0.4, -0.2) is 11.7 Å². The molecule has 0 fully saturated rings. The zero-order valence-electron chi connectivity index (χ0n) is 19.1. The highest BCUT2D eigenvalue weighted by Crippen LogP contribution is 2.47. The Hall–Kier alpha value is -3.56. The smallest absolute Gasteiger partial charge is 0.421 e. The Balaban J connectivity index is 2.10. The molecule has 0 heterocycles. The Morgan fingerprint density at radius 2 is 1.36 bits per heavy atom. The van der Waals surface area contributed by atoms with Crippen LogP contribution in [0.4, 0.5) is 10.5 Å². The number of benzene rings is 3. The van der Waals surface area contributed by atoms with E-state index in [2.05, 4.69) is 13.2 Å². The van der Waals surface area contributed by atoms with Crippen LogP contribution >= 0.6 is 7.37 Å². The van der Waals surface area contributed by atoms with Gasteiger partial charge in [-0.3, -0.25) is 4.57 Å². The van der Waals surface area contributed by atoms with Gasteiger partial charge in [-0.1, -0.05) is 67.3 Å². The lowest BCUT2D eigenvalue weighted by atomic mass is 10.1. The molecule has 3 aromatic carbocycles. The molecule has 0 unspecified atom stereocenters. The molecular weight excluding hydrogens is 433 g/mol. The van der Waals surface area contributed by atoms with Crippen molar-refractivity contribution in [2.24, 2.45) is 0 Å². The molecule has 0 aliphatic heterocycles. The highest BCUT2D eigenvalue weighted by Gasteiger charge is 2.35. The average Bonchev–Trinajstić information content (AvgIpc) is 2.79. The van der Waals surface area contributed by atoms with Crippen molar-refractivity contribution < 1.29 is 18.6 Å². The first kappa shape index (κ1) is 24.1. The van der Waals surface area contributed by atoms with Gasteiger partial charge in [0.15, 0.2) is 0 Å². The number of anilines is 1. The second-order valence-electron chi connectivity index (χ2n) is 8.29. The van der Waals surface area contributed by atoms with Crippen LogP contribution in [0, 0.1) is 0 Å². The van der Waals surface area contributed by atoms with Gasteiger partial charge in [0.25, 0.3) is 0 Å². The number of rotatable bonds is 7. The fraction of sp³-hybridized carbons (Fsp3) is 0.148. The summed E-state index contributed by atoms with van der Waals surface area (Å²) >= 11 is 0. The zero-order chi connectivity index (χ0) is 24.1. The van der Waals surface area contributed by atoms with Crippen LogP contribution in [0.3, 0.4) is 0 Å². The molecule has 0 aliphatic carbocycles. The number of hydrogen-bond acceptors (Lipinski definition) is 4. The van der Waals surface area contributed by atoms with Crippen molar-refractivity contribution in [1.82, 2.24) is 0 Å². The maximum atomic E-state index is 14.3. The quantitative estimate of drug-likeness (QED) is 0.298. The lowest BCUT2D eigenvalue weighted by Crippen LogP contribution is -2.37. The van der Waals surface area contributed by atoms with Crippen LogP contribution in [0.2, 0.25) is 0 Å². The molecule has 5 nitrogen and oxygen atoms in total. The van der Waals surface area contributed by atoms with Crippen LogP contribution < -0.4 is 15.5 Å². The Bertz CT molecular complexity index is 1140. The molecule has 0 bridgehead atoms. The van der Waals surface area contributed by atoms with Gasteiger partial charge in [0.2, 0.25) is 5.88 Å². The van der Waals surface area contributed by atoms with Gasteiger partial charge in [0.1, 0.15) is 5.60 Å². The molecule has 0 atom stereocenters. The van der Waals surface area contributed by atoms with Gasteiger partial charge in [-0.2, -0.15) is 0 Å². The second-order valence-corrected chi connectivity index (χ2v) is 10.6. The standard InChI is InChI=1S/C27H28NO4P/c1-6-22-15-13-14-20-25(22)28(26(29)31-27(3,4)5)21(2)32-33(30,23-16-9-7-10-17-23)24-18-11-8-12-19-24/h6-20H,1-2H2,3-5H3. The van der Waals surface area contributed by atoms with Gasteiger partial charge in [-0.15, -0.1) is 0 Å². The van der Waals surface area contributed by atoms with Crippen molar-refractivity contribution in [2.75, 3.05) is 4.90 Å². The number of carbonyl (C=O) groups excluding carboxylic acids is 1. The Kier molecular flexibility index (Phi) is 7.25. The van der Waals surface area contributed by atoms with Gasteiger partial charge >= 0.3 is 13.5 Å². The zero-order valence-corrected chi connectivity index (χ0v) is 20.0. The Morgan fingerprint density at radius 3 is 1.85 bits per heavy atom. The van der Waals surface area contributed by atoms with E-state index >= 15 is 0 Å². The van der Waals surface area contributed by atoms with Gasteiger partial charge < -0.3 is 9.26 Å². The molecular formula is C27H28NO4P. The summed E-state index contributed by atoms with van der Waals surface area (Å²) in [6.07, 6.45) is 0.919. The Labute approximate surface area is 195 Å². The van der Waals surface area contributed by atoms with Gasteiger partial charge in [-0.05, 0) is 63.2 Å². The van der Waals surface area contributed by atoms with Crippen LogP contribution in [0.1, 0.15) is 26.3 Å². The molecule has 0 aliphatic rings. The summed E-state index contributed by atoms with van der Waals surface area (Å²) in [6, 6.07) is 24.9. The van der Waals surface area contributed by atoms with E-state index in [9.17, 15) is 9.36 Å². The first-order chi connectivity index (χ1) is 15.7. The van der Waals surface area contributed by atoms with Gasteiger partial charge in [0.05, 0.1) is 16.3 Å². The average molecular weight is 461 g/mol. The fourth-order valence-electron chi connectivity index (χ4n) is 3.20. The van der Waals surface area contributed by atoms with Crippen molar-refractivity contribution in [1.29, 1.82) is 0 Å². The highest BCUT2D eigenvalue weighted by atomic mass is 31.2. The van der Waals surface area contributed by atoms with Crippen molar-refractivity contribution in [3.8, 4) is 0 Å². The summed E-state index contributed by atoms with van der Waals surface area (Å²) < 4.78 is 26.1. The predicted molar refractivity (Wildman–Crippen MR) is 135 cm³/mol. The molecule has 3 rings (SSSR count). The van der Waals surface area contributed by atoms with Crippen LogP contribution in [0.25, 0.3) is 6.08 Å². The van der Waals surface area contributed by atoms with Crippen molar-refractivity contribution >= 4 is 35.8 Å². The molecule has 0 N–H and O–H groups in total. The third-order valence-corrected chi connectivity index (χ3v) is 7.07. The molecule has 0 spiro atoms. The third-order valence-electron chi connectivity index (χ3n) is 4.65. The molecule has 1 amide bonds. The summed E-state index contributed by atoms with van der Waals surface area (Å²) in [6.45, 7) is 13.1. The molecule has 3 aromatic rings. The molecule has 33 heavy (non-hydrogen) atoms. The Morgan fingerprint density at radius 1 is 0.879 bits per heavy atom. The summed E-state index contributed by atoms with van der Waals surface area (Å²) in [5.41, 5.74) is 0.364. The molecule has 6 heteroatoms. The van der Waals surface area contributed by atoms with E-state index in [1.165, 1.54) is 4.90 Å². The minimum atomic E-state index is -3.64. The highest BCUT2D eigenvalue weighted by molar-refractivity contribution is 7.74. The van der Waals surface area contributed by atoms with E-state index in [1.54, 1.807) is 93.6 Å². The maximum absolute atomic E-state index is 14.3. The predicted octanol–water partition coefficient (Wildman–Crippen LogP) is 6.49. The number of hydrogen-bond donors (Lipinski definition) is 0. The summed E-state index contributed by atoms with van der Waals surface area (Å²) in [5.74, 6) is -0.116. The monoisotopic (exact) mass is 461 g/mol. The van der Waals surface area contributed by atoms with E-state index in [0.29, 0.717) is 21.9 Å². The fourth-order valence-corrected chi connectivity index (χ4v) is 5.21. The van der Waals surface area contributed by atoms with Gasteiger partial charge in [-0.25, -0.2) is 9.69 Å². The number of ether oxygens (including phenoxy) is 1. The first-order valence-electron chi connectivity index (χ1n) is 10.5. The number of amides is 1. The summed E-state index contributed by atoms with van der Waals surface area (Å²) in [4.78, 5) is 14.5. The van der Waals surface area contributed by atoms with E-state index in [4.69, 9.17) is 9.26 Å². The number of nitrogens with zero attached hydrogens (tertiary/aromatic N) is 1. The summed E-state index contributed by atoms with van der Waals surface area (Å²) in [5, 5.41) is 0.969. The maximum Gasteiger partial charge on any atom is 0.421 e. The number of para-hydroxylation sites is 1. The first-order valence-corrected chi connectivity index (χ1v) is 12.1. The van der Waals surface area contributed by atoms with Crippen molar-refractivity contribution in [3.05, 3.63) is 110 Å². The minimum absolute atomic E-state index is 0.116. The lowest BCUT2D eigenvalue weighted by Gasteiger charge is -2.31. The summed E-state index contributed by atoms with van der Waals surface area (Å²) in [7, 11) is -3.64. The van der Waals surface area contributed by atoms with Crippen LogP contribution in [0.15, 0.2) is 104 Å². The second kappa shape index (κ2) is 9.93. The van der Waals surface area contributed by atoms with Gasteiger partial charge in [0, 0.05) is 0 Å². The van der Waals surface area contributed by atoms with Crippen LogP contribution in [0.5, 0.6) is 0 Å². The van der Waals surface area contributed by atoms with E-state index in [1.807, 2.05) is 18.2 Å². The largest absolute Gasteiger partial charge is 0.443 e. The molecule has 0 aromatic heterocycles. The van der Waals surface area contributed by atoms with E-state index in [0.717, 1.165) is 0 Å². The molecule has 0 saturated carbocycles. The topological polar surface area (TPSA) is 55.8 Å². The van der Waals surface area contributed by atoms with E-state index < -0.39 is 19.1 Å². The van der Waals surface area contributed by atoms with Crippen molar-refractivity contribution in [2.45, 2.75) is 26.4 Å². The van der Waals surface area contributed by atoms with E-state index in [-0.39, 0.29) is 5.88 Å². The number of carbonyl (C=O) groups is 1. The normalized spacial score (nSPS) is 11.4. The SMILES string of the molecule is C=Cc1ccccc1N(C(=C)OP(=O)(c1ccccc1)c1ccccc1)C(=O)OC(C)(C)C. The molecule has 0 saturated heterocycles. The molecule has 0 radical (unpaired) electrons. The lowest BCUT2D eigenvalue weighted by molar-refractivity contribution is 0.0579. The van der Waals surface area contributed by atoms with Crippen molar-refractivity contribution in [3.63, 3.8) is 0 Å².